The smallest absolute Gasteiger partial charge is 0.280 e. The Morgan fingerprint density at radius 2 is 1.65 bits per heavy atom. The molecule has 0 N–H and O–H groups in total. The summed E-state index contributed by atoms with van der Waals surface area (Å²) in [5.41, 5.74) is 2.75. The molecule has 0 saturated heterocycles. The molecular weight excluding hydrogens is 348 g/mol. The van der Waals surface area contributed by atoms with Gasteiger partial charge in [0.05, 0.1) is 0 Å². The van der Waals surface area contributed by atoms with Crippen LogP contribution < -0.4 is 11.2 Å². The first-order valence-electron chi connectivity index (χ1n) is 8.52. The van der Waals surface area contributed by atoms with Crippen molar-refractivity contribution in [1.29, 1.82) is 0 Å². The van der Waals surface area contributed by atoms with Crippen LogP contribution in [0.2, 0.25) is 0 Å². The van der Waals surface area contributed by atoms with Gasteiger partial charge in [0, 0.05) is 19.7 Å². The molecule has 2 heterocycles. The van der Waals surface area contributed by atoms with Crippen LogP contribution in [0.3, 0.4) is 0 Å². The molecule has 0 unspecified atom stereocenters. The maximum Gasteiger partial charge on any atom is 0.332 e. The summed E-state index contributed by atoms with van der Waals surface area (Å²) in [6.45, 7) is 6.13. The third-order valence-electron chi connectivity index (χ3n) is 4.19. The predicted octanol–water partition coefficient (Wildman–Crippen LogP) is 2.81. The number of aryl methyl sites for hydroxylation is 3. The summed E-state index contributed by atoms with van der Waals surface area (Å²) < 4.78 is 2.53. The van der Waals surface area contributed by atoms with Crippen molar-refractivity contribution in [3.8, 4) is 11.4 Å². The molecule has 0 atom stereocenters. The van der Waals surface area contributed by atoms with Gasteiger partial charge in [-0.25, -0.2) is 14.8 Å². The minimum absolute atomic E-state index is 0.353. The third-order valence-corrected chi connectivity index (χ3v) is 5.37. The van der Waals surface area contributed by atoms with E-state index >= 15 is 0 Å². The van der Waals surface area contributed by atoms with Crippen LogP contribution in [0.4, 0.5) is 0 Å². The molecule has 7 heteroatoms. The fourth-order valence-electron chi connectivity index (χ4n) is 2.96. The number of aromatic nitrogens is 4. The SMILES string of the molecule is CCCSc1nc(-c2cc(C)cc(C)c2)nc2c1c(=O)n(C)c(=O)n2C. The standard InChI is InChI=1S/C19H22N4O2S/c1-6-7-26-17-14-16(22(4)19(25)23(5)18(14)24)20-15(21-17)13-9-11(2)8-12(3)10-13/h8-10H,6-7H2,1-5H3. The first-order valence-corrected chi connectivity index (χ1v) is 9.51. The van der Waals surface area contributed by atoms with E-state index in [1.54, 1.807) is 7.05 Å². The second-order valence-corrected chi connectivity index (χ2v) is 7.57. The third kappa shape index (κ3) is 3.19. The van der Waals surface area contributed by atoms with E-state index in [2.05, 4.69) is 23.0 Å². The highest BCUT2D eigenvalue weighted by atomic mass is 32.2. The monoisotopic (exact) mass is 370 g/mol. The van der Waals surface area contributed by atoms with Crippen molar-refractivity contribution < 1.29 is 0 Å². The van der Waals surface area contributed by atoms with Crippen LogP contribution in [-0.4, -0.2) is 24.9 Å². The second kappa shape index (κ2) is 7.07. The summed E-state index contributed by atoms with van der Waals surface area (Å²) in [6.07, 6.45) is 0.959. The lowest BCUT2D eigenvalue weighted by molar-refractivity contribution is 0.703. The lowest BCUT2D eigenvalue weighted by Gasteiger charge is -2.12. The van der Waals surface area contributed by atoms with Gasteiger partial charge in [0.25, 0.3) is 5.56 Å². The van der Waals surface area contributed by atoms with Gasteiger partial charge in [-0.05, 0) is 38.2 Å². The Labute approximate surface area is 155 Å². The molecule has 0 aliphatic rings. The molecule has 0 aliphatic heterocycles. The van der Waals surface area contributed by atoms with Gasteiger partial charge in [-0.3, -0.25) is 13.9 Å². The molecule has 0 aliphatic carbocycles. The molecule has 26 heavy (non-hydrogen) atoms. The van der Waals surface area contributed by atoms with Crippen molar-refractivity contribution in [2.75, 3.05) is 5.75 Å². The van der Waals surface area contributed by atoms with Crippen molar-refractivity contribution in [1.82, 2.24) is 19.1 Å². The van der Waals surface area contributed by atoms with E-state index in [9.17, 15) is 9.59 Å². The zero-order valence-corrected chi connectivity index (χ0v) is 16.5. The lowest BCUT2D eigenvalue weighted by atomic mass is 10.1. The van der Waals surface area contributed by atoms with Crippen LogP contribution >= 0.6 is 11.8 Å². The largest absolute Gasteiger partial charge is 0.332 e. The van der Waals surface area contributed by atoms with Gasteiger partial charge >= 0.3 is 5.69 Å². The summed E-state index contributed by atoms with van der Waals surface area (Å²) in [6, 6.07) is 6.12. The number of hydrogen-bond donors (Lipinski definition) is 0. The molecule has 1 aromatic carbocycles. The van der Waals surface area contributed by atoms with Gasteiger partial charge in [0.2, 0.25) is 0 Å². The molecule has 0 spiro atoms. The number of fused-ring (bicyclic) bond motifs is 1. The van der Waals surface area contributed by atoms with Gasteiger partial charge in [0.15, 0.2) is 11.5 Å². The Kier molecular flexibility index (Phi) is 5.00. The molecule has 136 valence electrons. The predicted molar refractivity (Wildman–Crippen MR) is 106 cm³/mol. The average Bonchev–Trinajstić information content (AvgIpc) is 2.61. The zero-order chi connectivity index (χ0) is 19.0. The van der Waals surface area contributed by atoms with Crippen molar-refractivity contribution in [3.63, 3.8) is 0 Å². The highest BCUT2D eigenvalue weighted by Gasteiger charge is 2.18. The molecule has 0 fully saturated rings. The minimum atomic E-state index is -0.390. The normalized spacial score (nSPS) is 11.3. The fourth-order valence-corrected chi connectivity index (χ4v) is 3.84. The van der Waals surface area contributed by atoms with Crippen molar-refractivity contribution in [3.05, 3.63) is 50.2 Å². The van der Waals surface area contributed by atoms with E-state index in [4.69, 9.17) is 0 Å². The lowest BCUT2D eigenvalue weighted by Crippen LogP contribution is -2.37. The Balaban J connectivity index is 2.40. The van der Waals surface area contributed by atoms with E-state index in [0.717, 1.165) is 33.4 Å². The van der Waals surface area contributed by atoms with Gasteiger partial charge in [-0.2, -0.15) is 0 Å². The first kappa shape index (κ1) is 18.4. The quantitative estimate of drug-likeness (QED) is 0.522. The molecule has 2 aromatic heterocycles. The summed E-state index contributed by atoms with van der Waals surface area (Å²) in [5.74, 6) is 1.37. The van der Waals surface area contributed by atoms with Gasteiger partial charge < -0.3 is 0 Å². The summed E-state index contributed by atoms with van der Waals surface area (Å²) >= 11 is 1.52. The van der Waals surface area contributed by atoms with Crippen LogP contribution in [0.5, 0.6) is 0 Å². The van der Waals surface area contributed by atoms with Crippen LogP contribution in [0.15, 0.2) is 32.8 Å². The highest BCUT2D eigenvalue weighted by Crippen LogP contribution is 2.27. The van der Waals surface area contributed by atoms with Crippen molar-refractivity contribution in [2.24, 2.45) is 14.1 Å². The molecule has 6 nitrogen and oxygen atoms in total. The van der Waals surface area contributed by atoms with Crippen molar-refractivity contribution in [2.45, 2.75) is 32.2 Å². The molecule has 3 rings (SSSR count). The fraction of sp³-hybridized carbons (Fsp3) is 0.368. The summed E-state index contributed by atoms with van der Waals surface area (Å²) in [7, 11) is 3.12. The number of rotatable bonds is 4. The number of thioether (sulfide) groups is 1. The van der Waals surface area contributed by atoms with E-state index in [-0.39, 0.29) is 11.2 Å². The molecule has 0 saturated carbocycles. The Hall–Kier alpha value is -2.41. The van der Waals surface area contributed by atoms with Gasteiger partial charge in [-0.1, -0.05) is 24.1 Å². The number of nitrogens with zero attached hydrogens (tertiary/aromatic N) is 4. The average molecular weight is 370 g/mol. The Morgan fingerprint density at radius 1 is 1.00 bits per heavy atom. The van der Waals surface area contributed by atoms with E-state index in [1.165, 1.54) is 23.4 Å². The molecule has 0 radical (unpaired) electrons. The minimum Gasteiger partial charge on any atom is -0.280 e. The van der Waals surface area contributed by atoms with E-state index in [1.807, 2.05) is 26.0 Å². The summed E-state index contributed by atoms with van der Waals surface area (Å²) in [4.78, 5) is 34.3. The number of benzene rings is 1. The van der Waals surface area contributed by atoms with Gasteiger partial charge in [0.1, 0.15) is 10.4 Å². The highest BCUT2D eigenvalue weighted by molar-refractivity contribution is 7.99. The van der Waals surface area contributed by atoms with E-state index < -0.39 is 0 Å². The van der Waals surface area contributed by atoms with Crippen molar-refractivity contribution >= 4 is 22.8 Å². The Morgan fingerprint density at radius 3 is 2.27 bits per heavy atom. The van der Waals surface area contributed by atoms with E-state index in [0.29, 0.717) is 21.9 Å². The van der Waals surface area contributed by atoms with Crippen LogP contribution in [0, 0.1) is 13.8 Å². The van der Waals surface area contributed by atoms with Gasteiger partial charge in [-0.15, -0.1) is 11.8 Å². The second-order valence-electron chi connectivity index (χ2n) is 6.48. The zero-order valence-electron chi connectivity index (χ0n) is 15.7. The maximum atomic E-state index is 12.7. The maximum absolute atomic E-state index is 12.7. The summed E-state index contributed by atoms with van der Waals surface area (Å²) in [5, 5.41) is 1.03. The topological polar surface area (TPSA) is 69.8 Å². The molecule has 0 amide bonds. The van der Waals surface area contributed by atoms with Crippen LogP contribution in [0.1, 0.15) is 24.5 Å². The molecule has 0 bridgehead atoms. The van der Waals surface area contributed by atoms with Crippen LogP contribution in [0.25, 0.3) is 22.4 Å². The first-order chi connectivity index (χ1) is 12.3. The number of hydrogen-bond acceptors (Lipinski definition) is 5. The van der Waals surface area contributed by atoms with Crippen LogP contribution in [-0.2, 0) is 14.1 Å². The molecule has 3 aromatic rings. The molecular formula is C19H22N4O2S. The Bertz CT molecular complexity index is 1090.